The van der Waals surface area contributed by atoms with E-state index in [1.54, 1.807) is 20.3 Å². The molecule has 2 aromatic rings. The predicted molar refractivity (Wildman–Crippen MR) is 106 cm³/mol. The van der Waals surface area contributed by atoms with E-state index in [1.165, 1.54) is 5.56 Å². The first-order valence-corrected chi connectivity index (χ1v) is 9.21. The van der Waals surface area contributed by atoms with Crippen molar-refractivity contribution in [3.8, 4) is 11.5 Å². The van der Waals surface area contributed by atoms with E-state index in [2.05, 4.69) is 27.0 Å². The van der Waals surface area contributed by atoms with Gasteiger partial charge in [-0.2, -0.15) is 0 Å². The highest BCUT2D eigenvalue weighted by molar-refractivity contribution is 5.38. The molecule has 0 unspecified atom stereocenters. The van der Waals surface area contributed by atoms with Crippen LogP contribution in [0.3, 0.4) is 0 Å². The van der Waals surface area contributed by atoms with Gasteiger partial charge < -0.3 is 14.4 Å². The molecule has 3 rings (SSSR count). The highest BCUT2D eigenvalue weighted by Gasteiger charge is 2.23. The summed E-state index contributed by atoms with van der Waals surface area (Å²) in [4.78, 5) is 23.6. The van der Waals surface area contributed by atoms with Crippen molar-refractivity contribution in [1.82, 2.24) is 14.9 Å². The van der Waals surface area contributed by atoms with Crippen molar-refractivity contribution in [1.29, 1.82) is 0 Å². The van der Waals surface area contributed by atoms with Crippen LogP contribution in [0.4, 0.5) is 5.95 Å². The van der Waals surface area contributed by atoms with Crippen LogP contribution in [0, 0.1) is 0 Å². The SMILES string of the molecule is COc1cc(CN2CCC(c3cc(=O)[nH]c(N(C)C)n3)CC2)cc(OC)c1. The summed E-state index contributed by atoms with van der Waals surface area (Å²) < 4.78 is 10.7. The van der Waals surface area contributed by atoms with E-state index in [0.717, 1.165) is 49.7 Å². The van der Waals surface area contributed by atoms with Crippen LogP contribution in [-0.2, 0) is 6.54 Å². The van der Waals surface area contributed by atoms with E-state index in [0.29, 0.717) is 11.9 Å². The average Bonchev–Trinajstić information content (AvgIpc) is 2.67. The van der Waals surface area contributed by atoms with Crippen molar-refractivity contribution < 1.29 is 9.47 Å². The van der Waals surface area contributed by atoms with Crippen LogP contribution in [0.15, 0.2) is 29.1 Å². The van der Waals surface area contributed by atoms with E-state index in [9.17, 15) is 4.79 Å². The fraction of sp³-hybridized carbons (Fsp3) is 0.500. The summed E-state index contributed by atoms with van der Waals surface area (Å²) in [6, 6.07) is 7.63. The molecule has 0 spiro atoms. The molecule has 7 nitrogen and oxygen atoms in total. The van der Waals surface area contributed by atoms with Crippen molar-refractivity contribution >= 4 is 5.95 Å². The van der Waals surface area contributed by atoms with E-state index >= 15 is 0 Å². The lowest BCUT2D eigenvalue weighted by Crippen LogP contribution is -2.33. The first-order chi connectivity index (χ1) is 13.0. The Bertz CT molecular complexity index is 804. The summed E-state index contributed by atoms with van der Waals surface area (Å²) in [6.45, 7) is 2.79. The van der Waals surface area contributed by atoms with Crippen molar-refractivity contribution in [2.24, 2.45) is 0 Å². The highest BCUT2D eigenvalue weighted by Crippen LogP contribution is 2.29. The lowest BCUT2D eigenvalue weighted by Gasteiger charge is -2.32. The Labute approximate surface area is 159 Å². The van der Waals surface area contributed by atoms with Gasteiger partial charge in [-0.1, -0.05) is 0 Å². The first-order valence-electron chi connectivity index (χ1n) is 9.21. The molecule has 0 atom stereocenters. The number of likely N-dealkylation sites (tertiary alicyclic amines) is 1. The van der Waals surface area contributed by atoms with Gasteiger partial charge in [-0.15, -0.1) is 0 Å². The molecule has 2 heterocycles. The average molecular weight is 372 g/mol. The number of hydrogen-bond acceptors (Lipinski definition) is 6. The Hall–Kier alpha value is -2.54. The lowest BCUT2D eigenvalue weighted by atomic mass is 9.93. The third-order valence-electron chi connectivity index (χ3n) is 5.00. The maximum atomic E-state index is 11.9. The van der Waals surface area contributed by atoms with Gasteiger partial charge in [-0.05, 0) is 43.6 Å². The fourth-order valence-corrected chi connectivity index (χ4v) is 3.49. The maximum absolute atomic E-state index is 11.9. The number of hydrogen-bond donors (Lipinski definition) is 1. The summed E-state index contributed by atoms with van der Waals surface area (Å²) in [5, 5.41) is 0. The quantitative estimate of drug-likeness (QED) is 0.839. The fourth-order valence-electron chi connectivity index (χ4n) is 3.49. The lowest BCUT2D eigenvalue weighted by molar-refractivity contribution is 0.203. The molecule has 1 aliphatic heterocycles. The topological polar surface area (TPSA) is 70.7 Å². The molecule has 146 valence electrons. The number of rotatable bonds is 6. The van der Waals surface area contributed by atoms with Crippen LogP contribution in [0.5, 0.6) is 11.5 Å². The number of aromatic amines is 1. The van der Waals surface area contributed by atoms with Crippen molar-refractivity contribution in [2.75, 3.05) is 46.3 Å². The molecule has 1 N–H and O–H groups in total. The Balaban J connectivity index is 1.65. The van der Waals surface area contributed by atoms with Gasteiger partial charge in [0.2, 0.25) is 5.95 Å². The number of ether oxygens (including phenoxy) is 2. The molecule has 1 aromatic carbocycles. The molecule has 7 heteroatoms. The van der Waals surface area contributed by atoms with Gasteiger partial charge in [-0.25, -0.2) is 4.98 Å². The minimum Gasteiger partial charge on any atom is -0.497 e. The molecule has 0 aliphatic carbocycles. The molecule has 1 aromatic heterocycles. The monoisotopic (exact) mass is 372 g/mol. The van der Waals surface area contributed by atoms with Crippen LogP contribution >= 0.6 is 0 Å². The minimum absolute atomic E-state index is 0.0883. The largest absolute Gasteiger partial charge is 0.497 e. The van der Waals surface area contributed by atoms with Crippen molar-refractivity contribution in [2.45, 2.75) is 25.3 Å². The van der Waals surface area contributed by atoms with Crippen LogP contribution in [0.2, 0.25) is 0 Å². The zero-order valence-corrected chi connectivity index (χ0v) is 16.5. The normalized spacial score (nSPS) is 15.6. The van der Waals surface area contributed by atoms with Crippen molar-refractivity contribution in [3.63, 3.8) is 0 Å². The van der Waals surface area contributed by atoms with E-state index < -0.39 is 0 Å². The van der Waals surface area contributed by atoms with Crippen LogP contribution in [0.25, 0.3) is 0 Å². The maximum Gasteiger partial charge on any atom is 0.252 e. The number of nitrogens with one attached hydrogen (secondary N) is 1. The molecular weight excluding hydrogens is 344 g/mol. The third-order valence-corrected chi connectivity index (χ3v) is 5.00. The van der Waals surface area contributed by atoms with Crippen molar-refractivity contribution in [3.05, 3.63) is 45.9 Å². The highest BCUT2D eigenvalue weighted by atomic mass is 16.5. The van der Waals surface area contributed by atoms with Gasteiger partial charge in [0.25, 0.3) is 5.56 Å². The molecule has 27 heavy (non-hydrogen) atoms. The van der Waals surface area contributed by atoms with Crippen LogP contribution in [0.1, 0.15) is 30.0 Å². The van der Waals surface area contributed by atoms with E-state index in [-0.39, 0.29) is 5.56 Å². The molecule has 1 aliphatic rings. The predicted octanol–water partition coefficient (Wildman–Crippen LogP) is 2.23. The van der Waals surface area contributed by atoms with Gasteiger partial charge >= 0.3 is 0 Å². The molecule has 0 amide bonds. The van der Waals surface area contributed by atoms with E-state index in [4.69, 9.17) is 9.47 Å². The summed E-state index contributed by atoms with van der Waals surface area (Å²) >= 11 is 0. The number of nitrogens with zero attached hydrogens (tertiary/aromatic N) is 3. The standard InChI is InChI=1S/C20H28N4O3/c1-23(2)20-21-18(12-19(25)22-20)15-5-7-24(8-6-15)13-14-9-16(26-3)11-17(10-14)27-4/h9-12,15H,5-8,13H2,1-4H3,(H,21,22,25). The molecular formula is C20H28N4O3. The molecule has 0 saturated carbocycles. The first kappa shape index (κ1) is 19.2. The van der Waals surface area contributed by atoms with Gasteiger partial charge in [0.15, 0.2) is 0 Å². The Kier molecular flexibility index (Phi) is 6.01. The number of aromatic nitrogens is 2. The summed E-state index contributed by atoms with van der Waals surface area (Å²) in [6.07, 6.45) is 1.98. The van der Waals surface area contributed by atoms with Crippen LogP contribution < -0.4 is 19.9 Å². The summed E-state index contributed by atoms with van der Waals surface area (Å²) in [5.41, 5.74) is 1.98. The number of methoxy groups -OCH3 is 2. The van der Waals surface area contributed by atoms with Gasteiger partial charge in [0.05, 0.1) is 19.9 Å². The summed E-state index contributed by atoms with van der Waals surface area (Å²) in [5.74, 6) is 2.55. The second-order valence-corrected chi connectivity index (χ2v) is 7.16. The van der Waals surface area contributed by atoms with E-state index in [1.807, 2.05) is 25.1 Å². The minimum atomic E-state index is -0.0883. The Morgan fingerprint density at radius 1 is 1.11 bits per heavy atom. The molecule has 0 radical (unpaired) electrons. The Morgan fingerprint density at radius 2 is 1.74 bits per heavy atom. The molecule has 1 fully saturated rings. The number of anilines is 1. The van der Waals surface area contributed by atoms with Gasteiger partial charge in [0, 0.05) is 38.7 Å². The third kappa shape index (κ3) is 4.80. The van der Waals surface area contributed by atoms with Gasteiger partial charge in [0.1, 0.15) is 11.5 Å². The van der Waals surface area contributed by atoms with Gasteiger partial charge in [-0.3, -0.25) is 14.7 Å². The summed E-state index contributed by atoms with van der Waals surface area (Å²) in [7, 11) is 7.10. The zero-order chi connectivity index (χ0) is 19.4. The second-order valence-electron chi connectivity index (χ2n) is 7.16. The number of piperidine rings is 1. The Morgan fingerprint density at radius 3 is 2.30 bits per heavy atom. The number of benzene rings is 1. The zero-order valence-electron chi connectivity index (χ0n) is 16.5. The number of H-pyrrole nitrogens is 1. The smallest absolute Gasteiger partial charge is 0.252 e. The van der Waals surface area contributed by atoms with Crippen LogP contribution in [-0.4, -0.2) is 56.3 Å². The second kappa shape index (κ2) is 8.43. The molecule has 0 bridgehead atoms. The molecule has 1 saturated heterocycles.